The molecule has 0 radical (unpaired) electrons. The number of aryl methyl sites for hydroxylation is 1. The fourth-order valence-electron chi connectivity index (χ4n) is 1.54. The Morgan fingerprint density at radius 3 is 2.62 bits per heavy atom. The third kappa shape index (κ3) is 3.83. The minimum atomic E-state index is -0.203. The number of rotatable bonds is 4. The van der Waals surface area contributed by atoms with E-state index in [1.54, 1.807) is 19.1 Å². The van der Waals surface area contributed by atoms with Gasteiger partial charge in [0.2, 0.25) is 0 Å². The predicted molar refractivity (Wildman–Crippen MR) is 70.3 cm³/mol. The van der Waals surface area contributed by atoms with Crippen LogP contribution in [0.2, 0.25) is 5.02 Å². The highest BCUT2D eigenvalue weighted by Crippen LogP contribution is 2.31. The molecule has 3 nitrogen and oxygen atoms in total. The zero-order valence-electron chi connectivity index (χ0n) is 9.24. The van der Waals surface area contributed by atoms with E-state index in [0.29, 0.717) is 17.1 Å². The van der Waals surface area contributed by atoms with E-state index in [0.717, 1.165) is 18.4 Å². The van der Waals surface area contributed by atoms with Crippen LogP contribution in [0.5, 0.6) is 5.75 Å². The second-order valence-electron chi connectivity index (χ2n) is 3.70. The van der Waals surface area contributed by atoms with Crippen LogP contribution in [0.1, 0.15) is 30.0 Å². The molecule has 1 rings (SSSR count). The maximum atomic E-state index is 9.82. The molecule has 0 aromatic heterocycles. The molecule has 0 aliphatic carbocycles. The molecule has 0 amide bonds. The first-order chi connectivity index (χ1) is 7.06. The van der Waals surface area contributed by atoms with E-state index in [1.807, 2.05) is 0 Å². The summed E-state index contributed by atoms with van der Waals surface area (Å²) < 4.78 is 0. The number of phenolic OH excluding ortho intramolecular Hbond substituents is 1. The van der Waals surface area contributed by atoms with Gasteiger partial charge in [-0.3, -0.25) is 0 Å². The van der Waals surface area contributed by atoms with E-state index in [4.69, 9.17) is 23.1 Å². The average Bonchev–Trinajstić information content (AvgIpc) is 2.19. The first-order valence-electron chi connectivity index (χ1n) is 5.01. The fourth-order valence-corrected chi connectivity index (χ4v) is 1.82. The van der Waals surface area contributed by atoms with Crippen LogP contribution in [-0.4, -0.2) is 11.7 Å². The van der Waals surface area contributed by atoms with Crippen molar-refractivity contribution >= 4 is 24.0 Å². The Hall–Kier alpha value is -0.480. The van der Waals surface area contributed by atoms with Crippen LogP contribution in [0.15, 0.2) is 12.1 Å². The van der Waals surface area contributed by atoms with Crippen molar-refractivity contribution < 1.29 is 5.11 Å². The monoisotopic (exact) mass is 264 g/mol. The van der Waals surface area contributed by atoms with Crippen LogP contribution in [0.3, 0.4) is 0 Å². The molecule has 16 heavy (non-hydrogen) atoms. The summed E-state index contributed by atoms with van der Waals surface area (Å²) in [7, 11) is 0. The minimum Gasteiger partial charge on any atom is -0.507 e. The number of hydrogen-bond donors (Lipinski definition) is 3. The van der Waals surface area contributed by atoms with Crippen LogP contribution in [0, 0.1) is 6.92 Å². The highest BCUT2D eigenvalue weighted by Gasteiger charge is 2.13. The summed E-state index contributed by atoms with van der Waals surface area (Å²) in [4.78, 5) is 0. The van der Waals surface area contributed by atoms with Gasteiger partial charge in [-0.25, -0.2) is 0 Å². The quantitative estimate of drug-likeness (QED) is 0.783. The van der Waals surface area contributed by atoms with Crippen molar-refractivity contribution in [2.45, 2.75) is 25.8 Å². The predicted octanol–water partition coefficient (Wildman–Crippen LogP) is 2.51. The molecule has 0 unspecified atom stereocenters. The molecule has 0 saturated heterocycles. The topological polar surface area (TPSA) is 72.3 Å². The molecule has 0 fully saturated rings. The summed E-state index contributed by atoms with van der Waals surface area (Å²) in [5.74, 6) is 0.240. The van der Waals surface area contributed by atoms with E-state index in [9.17, 15) is 5.11 Å². The van der Waals surface area contributed by atoms with Gasteiger partial charge in [0.1, 0.15) is 5.75 Å². The smallest absolute Gasteiger partial charge is 0.123 e. The Morgan fingerprint density at radius 2 is 2.06 bits per heavy atom. The first kappa shape index (κ1) is 15.5. The summed E-state index contributed by atoms with van der Waals surface area (Å²) in [6.07, 6.45) is 1.59. The normalized spacial score (nSPS) is 12.0. The highest BCUT2D eigenvalue weighted by atomic mass is 35.5. The van der Waals surface area contributed by atoms with Crippen molar-refractivity contribution in [3.63, 3.8) is 0 Å². The number of benzene rings is 1. The summed E-state index contributed by atoms with van der Waals surface area (Å²) >= 11 is 5.91. The van der Waals surface area contributed by atoms with Gasteiger partial charge in [-0.15, -0.1) is 12.4 Å². The molecule has 1 aromatic rings. The molecule has 0 aliphatic heterocycles. The lowest BCUT2D eigenvalue weighted by Crippen LogP contribution is -2.13. The summed E-state index contributed by atoms with van der Waals surface area (Å²) in [5.41, 5.74) is 12.8. The van der Waals surface area contributed by atoms with Gasteiger partial charge in [-0.05, 0) is 44.0 Å². The van der Waals surface area contributed by atoms with Crippen molar-refractivity contribution in [3.8, 4) is 5.75 Å². The van der Waals surface area contributed by atoms with E-state index in [1.165, 1.54) is 0 Å². The molecule has 0 heterocycles. The first-order valence-corrected chi connectivity index (χ1v) is 5.38. The van der Waals surface area contributed by atoms with E-state index >= 15 is 0 Å². The SMILES string of the molecule is Cc1cc(Cl)cc([C@H](N)CCCN)c1O.Cl. The van der Waals surface area contributed by atoms with Crippen molar-refractivity contribution in [3.05, 3.63) is 28.3 Å². The van der Waals surface area contributed by atoms with Gasteiger partial charge >= 0.3 is 0 Å². The molecule has 0 bridgehead atoms. The van der Waals surface area contributed by atoms with Crippen molar-refractivity contribution in [2.24, 2.45) is 11.5 Å². The number of phenols is 1. The van der Waals surface area contributed by atoms with Gasteiger partial charge in [0.05, 0.1) is 0 Å². The molecule has 1 aromatic carbocycles. The second kappa shape index (κ2) is 6.97. The van der Waals surface area contributed by atoms with Gasteiger partial charge < -0.3 is 16.6 Å². The van der Waals surface area contributed by atoms with Gasteiger partial charge in [-0.1, -0.05) is 11.6 Å². The van der Waals surface area contributed by atoms with E-state index < -0.39 is 0 Å². The average molecular weight is 265 g/mol. The van der Waals surface area contributed by atoms with Gasteiger partial charge in [-0.2, -0.15) is 0 Å². The molecule has 0 spiro atoms. The Balaban J connectivity index is 0.00000225. The Bertz CT molecular complexity index is 345. The molecule has 0 aliphatic rings. The van der Waals surface area contributed by atoms with Gasteiger partial charge in [0.15, 0.2) is 0 Å². The molecule has 5 heteroatoms. The summed E-state index contributed by atoms with van der Waals surface area (Å²) in [6, 6.07) is 3.23. The molecular weight excluding hydrogens is 247 g/mol. The highest BCUT2D eigenvalue weighted by molar-refractivity contribution is 6.30. The van der Waals surface area contributed by atoms with Gasteiger partial charge in [0.25, 0.3) is 0 Å². The zero-order chi connectivity index (χ0) is 11.4. The standard InChI is InChI=1S/C11H17ClN2O.ClH/c1-7-5-8(12)6-9(11(7)15)10(14)3-2-4-13;/h5-6,10,15H,2-4,13-14H2,1H3;1H/t10-;/m1./s1. The van der Waals surface area contributed by atoms with Crippen LogP contribution in [0.4, 0.5) is 0 Å². The van der Waals surface area contributed by atoms with Gasteiger partial charge in [0, 0.05) is 16.6 Å². The van der Waals surface area contributed by atoms with Crippen LogP contribution >= 0.6 is 24.0 Å². The second-order valence-corrected chi connectivity index (χ2v) is 4.13. The van der Waals surface area contributed by atoms with Crippen LogP contribution in [0.25, 0.3) is 0 Å². The maximum absolute atomic E-state index is 9.82. The molecule has 5 N–H and O–H groups in total. The maximum Gasteiger partial charge on any atom is 0.123 e. The van der Waals surface area contributed by atoms with Crippen molar-refractivity contribution in [1.82, 2.24) is 0 Å². The lowest BCUT2D eigenvalue weighted by molar-refractivity contribution is 0.453. The lowest BCUT2D eigenvalue weighted by atomic mass is 9.99. The number of halogens is 2. The van der Waals surface area contributed by atoms with E-state index in [2.05, 4.69) is 0 Å². The van der Waals surface area contributed by atoms with Crippen LogP contribution in [-0.2, 0) is 0 Å². The van der Waals surface area contributed by atoms with Crippen molar-refractivity contribution in [1.29, 1.82) is 0 Å². The minimum absolute atomic E-state index is 0. The lowest BCUT2D eigenvalue weighted by Gasteiger charge is -2.15. The third-order valence-electron chi connectivity index (χ3n) is 2.41. The summed E-state index contributed by atoms with van der Waals surface area (Å²) in [5, 5.41) is 10.4. The fraction of sp³-hybridized carbons (Fsp3) is 0.455. The number of aromatic hydroxyl groups is 1. The zero-order valence-corrected chi connectivity index (χ0v) is 10.8. The van der Waals surface area contributed by atoms with E-state index in [-0.39, 0.29) is 24.2 Å². The Morgan fingerprint density at radius 1 is 1.44 bits per heavy atom. The molecule has 0 saturated carbocycles. The third-order valence-corrected chi connectivity index (χ3v) is 2.63. The van der Waals surface area contributed by atoms with Crippen molar-refractivity contribution in [2.75, 3.05) is 6.54 Å². The molecular formula is C11H18Cl2N2O. The molecule has 1 atom stereocenters. The molecule has 92 valence electrons. The van der Waals surface area contributed by atoms with Crippen LogP contribution < -0.4 is 11.5 Å². The number of hydrogen-bond acceptors (Lipinski definition) is 3. The Labute approximate surface area is 107 Å². The number of nitrogens with two attached hydrogens (primary N) is 2. The largest absolute Gasteiger partial charge is 0.507 e. The summed E-state index contributed by atoms with van der Waals surface area (Å²) in [6.45, 7) is 2.41. The Kier molecular flexibility index (Phi) is 6.76.